The van der Waals surface area contributed by atoms with Crippen LogP contribution in [-0.4, -0.2) is 49.2 Å². The molecule has 1 aromatic carbocycles. The number of benzene rings is 1. The summed E-state index contributed by atoms with van der Waals surface area (Å²) in [4.78, 5) is 4.50. The number of nitrogens with one attached hydrogen (secondary N) is 1. The highest BCUT2D eigenvalue weighted by Crippen LogP contribution is 2.42. The molecular formula is C20H24N4O5S. The van der Waals surface area contributed by atoms with Crippen molar-refractivity contribution < 1.29 is 22.8 Å². The van der Waals surface area contributed by atoms with Gasteiger partial charge in [-0.3, -0.25) is 0 Å². The summed E-state index contributed by atoms with van der Waals surface area (Å²) in [5.41, 5.74) is 9.66. The van der Waals surface area contributed by atoms with E-state index in [1.54, 1.807) is 12.1 Å². The first-order chi connectivity index (χ1) is 14.4. The van der Waals surface area contributed by atoms with Gasteiger partial charge in [-0.2, -0.15) is 4.98 Å². The van der Waals surface area contributed by atoms with E-state index in [2.05, 4.69) is 20.9 Å². The van der Waals surface area contributed by atoms with E-state index in [-0.39, 0.29) is 29.8 Å². The molecule has 0 unspecified atom stereocenters. The third kappa shape index (κ3) is 4.11. The van der Waals surface area contributed by atoms with Crippen LogP contribution in [0.25, 0.3) is 17.0 Å². The van der Waals surface area contributed by atoms with E-state index in [1.807, 2.05) is 0 Å². The fourth-order valence-electron chi connectivity index (χ4n) is 3.92. The molecule has 0 aliphatic heterocycles. The minimum Gasteiger partial charge on any atom is -0.506 e. The molecule has 0 amide bonds. The standard InChI is InChI=1S/C20H24N4O5S/c1-28-9-10-30(26,27)24-17-7-6-13-14(17)3-2-4-15(13)19-22-20(29-23-19)12-5-8-18(25)16(21)11-12/h4-5,8,11,17,24-25H,2-3,6-7,9-10,21H2,1H3/t17-/m0/s1. The lowest BCUT2D eigenvalue weighted by molar-refractivity contribution is 0.217. The van der Waals surface area contributed by atoms with Gasteiger partial charge in [-0.25, -0.2) is 13.1 Å². The summed E-state index contributed by atoms with van der Waals surface area (Å²) in [6.07, 6.45) is 5.10. The van der Waals surface area contributed by atoms with Gasteiger partial charge in [0.05, 0.1) is 18.0 Å². The van der Waals surface area contributed by atoms with Gasteiger partial charge >= 0.3 is 0 Å². The lowest BCUT2D eigenvalue weighted by Gasteiger charge is -2.20. The largest absolute Gasteiger partial charge is 0.506 e. The van der Waals surface area contributed by atoms with Crippen LogP contribution in [0.2, 0.25) is 0 Å². The number of ether oxygens (including phenoxy) is 1. The van der Waals surface area contributed by atoms with Crippen molar-refractivity contribution in [2.24, 2.45) is 0 Å². The average Bonchev–Trinajstić information content (AvgIpc) is 3.36. The van der Waals surface area contributed by atoms with Crippen LogP contribution in [0.3, 0.4) is 0 Å². The van der Waals surface area contributed by atoms with Crippen LogP contribution in [-0.2, 0) is 14.8 Å². The van der Waals surface area contributed by atoms with E-state index in [4.69, 9.17) is 15.0 Å². The molecule has 1 heterocycles. The van der Waals surface area contributed by atoms with Crippen molar-refractivity contribution in [1.29, 1.82) is 0 Å². The Bertz CT molecular complexity index is 1120. The number of methoxy groups -OCH3 is 1. The SMILES string of the molecule is COCCS(=O)(=O)N[C@H]1CCC2=C1CCC=C2c1noc(-c2ccc(O)c(N)c2)n1. The van der Waals surface area contributed by atoms with Crippen LogP contribution in [0.1, 0.15) is 31.5 Å². The van der Waals surface area contributed by atoms with Crippen molar-refractivity contribution >= 4 is 21.3 Å². The molecule has 30 heavy (non-hydrogen) atoms. The van der Waals surface area contributed by atoms with E-state index in [0.29, 0.717) is 23.7 Å². The van der Waals surface area contributed by atoms with Gasteiger partial charge in [0.25, 0.3) is 5.89 Å². The zero-order valence-electron chi connectivity index (χ0n) is 16.6. The van der Waals surface area contributed by atoms with Gasteiger partial charge < -0.3 is 20.1 Å². The normalized spacial score (nSPS) is 19.1. The number of nitrogens with zero attached hydrogens (tertiary/aromatic N) is 2. The molecular weight excluding hydrogens is 408 g/mol. The Balaban J connectivity index is 1.57. The molecule has 9 nitrogen and oxygen atoms in total. The quantitative estimate of drug-likeness (QED) is 0.447. The van der Waals surface area contributed by atoms with Gasteiger partial charge in [0.2, 0.25) is 15.8 Å². The van der Waals surface area contributed by atoms with E-state index in [1.165, 1.54) is 13.2 Å². The average molecular weight is 433 g/mol. The van der Waals surface area contributed by atoms with Crippen LogP contribution in [0.5, 0.6) is 5.75 Å². The third-order valence-corrected chi connectivity index (χ3v) is 6.75. The summed E-state index contributed by atoms with van der Waals surface area (Å²) in [5.74, 6) is 0.704. The topological polar surface area (TPSA) is 141 Å². The Kier molecular flexibility index (Phi) is 5.63. The molecule has 2 aliphatic carbocycles. The first-order valence-corrected chi connectivity index (χ1v) is 11.4. The molecule has 4 rings (SSSR count). The zero-order valence-corrected chi connectivity index (χ0v) is 17.4. The fraction of sp³-hybridized carbons (Fsp3) is 0.400. The van der Waals surface area contributed by atoms with Crippen molar-refractivity contribution in [2.75, 3.05) is 25.2 Å². The van der Waals surface area contributed by atoms with Crippen molar-refractivity contribution in [1.82, 2.24) is 14.9 Å². The van der Waals surface area contributed by atoms with Gasteiger partial charge in [0.1, 0.15) is 5.75 Å². The number of hydrogen-bond donors (Lipinski definition) is 3. The van der Waals surface area contributed by atoms with Crippen molar-refractivity contribution in [3.8, 4) is 17.2 Å². The molecule has 1 aromatic heterocycles. The minimum absolute atomic E-state index is 0.00627. The minimum atomic E-state index is -3.41. The van der Waals surface area contributed by atoms with E-state index in [0.717, 1.165) is 36.0 Å². The summed E-state index contributed by atoms with van der Waals surface area (Å²) in [5, 5.41) is 13.7. The van der Waals surface area contributed by atoms with E-state index < -0.39 is 10.0 Å². The predicted molar refractivity (Wildman–Crippen MR) is 112 cm³/mol. The summed E-state index contributed by atoms with van der Waals surface area (Å²) in [6, 6.07) is 4.50. The number of sulfonamides is 1. The van der Waals surface area contributed by atoms with Crippen molar-refractivity contribution in [2.45, 2.75) is 31.7 Å². The Hall–Kier alpha value is -2.69. The van der Waals surface area contributed by atoms with Crippen LogP contribution in [0.4, 0.5) is 5.69 Å². The number of aromatic nitrogens is 2. The molecule has 160 valence electrons. The number of phenols is 1. The van der Waals surface area contributed by atoms with Crippen molar-refractivity contribution in [3.63, 3.8) is 0 Å². The first kappa shape index (κ1) is 20.6. The second kappa shape index (κ2) is 8.21. The molecule has 1 atom stereocenters. The maximum atomic E-state index is 12.3. The second-order valence-electron chi connectivity index (χ2n) is 7.38. The van der Waals surface area contributed by atoms with Crippen LogP contribution in [0.15, 0.2) is 39.9 Å². The monoisotopic (exact) mass is 432 g/mol. The molecule has 0 saturated carbocycles. The number of anilines is 1. The third-order valence-electron chi connectivity index (χ3n) is 5.40. The highest BCUT2D eigenvalue weighted by atomic mass is 32.2. The first-order valence-electron chi connectivity index (χ1n) is 9.72. The molecule has 10 heteroatoms. The molecule has 2 aliphatic rings. The fourth-order valence-corrected chi connectivity index (χ4v) is 5.12. The van der Waals surface area contributed by atoms with Gasteiger partial charge in [0, 0.05) is 24.3 Å². The summed E-state index contributed by atoms with van der Waals surface area (Å²) in [7, 11) is -1.93. The smallest absolute Gasteiger partial charge is 0.258 e. The van der Waals surface area contributed by atoms with Gasteiger partial charge in [-0.15, -0.1) is 0 Å². The molecule has 0 fully saturated rings. The Morgan fingerprint density at radius 1 is 1.37 bits per heavy atom. The number of hydrogen-bond acceptors (Lipinski definition) is 8. The van der Waals surface area contributed by atoms with Gasteiger partial charge in [-0.1, -0.05) is 11.2 Å². The maximum Gasteiger partial charge on any atom is 0.258 e. The van der Waals surface area contributed by atoms with E-state index in [9.17, 15) is 13.5 Å². The Morgan fingerprint density at radius 3 is 2.97 bits per heavy atom. The Labute approximate surface area is 174 Å². The maximum absolute atomic E-state index is 12.3. The van der Waals surface area contributed by atoms with Gasteiger partial charge in [0.15, 0.2) is 0 Å². The van der Waals surface area contributed by atoms with Gasteiger partial charge in [-0.05, 0) is 55.0 Å². The number of aromatic hydroxyl groups is 1. The zero-order chi connectivity index (χ0) is 21.3. The summed E-state index contributed by atoms with van der Waals surface area (Å²) < 4.78 is 37.7. The lowest BCUT2D eigenvalue weighted by Crippen LogP contribution is -2.37. The molecule has 0 radical (unpaired) electrons. The second-order valence-corrected chi connectivity index (χ2v) is 9.25. The lowest BCUT2D eigenvalue weighted by atomic mass is 9.91. The highest BCUT2D eigenvalue weighted by Gasteiger charge is 2.33. The van der Waals surface area contributed by atoms with Crippen molar-refractivity contribution in [3.05, 3.63) is 41.2 Å². The van der Waals surface area contributed by atoms with Crippen LogP contribution in [0, 0.1) is 0 Å². The summed E-state index contributed by atoms with van der Waals surface area (Å²) >= 11 is 0. The number of phenolic OH excluding ortho intramolecular Hbond substituents is 1. The summed E-state index contributed by atoms with van der Waals surface area (Å²) in [6.45, 7) is 0.159. The molecule has 2 aromatic rings. The number of allylic oxidation sites excluding steroid dienone is 3. The van der Waals surface area contributed by atoms with Crippen LogP contribution >= 0.6 is 0 Å². The molecule has 4 N–H and O–H groups in total. The molecule has 0 bridgehead atoms. The van der Waals surface area contributed by atoms with E-state index >= 15 is 0 Å². The van der Waals surface area contributed by atoms with Crippen LogP contribution < -0.4 is 10.5 Å². The number of rotatable bonds is 7. The molecule has 0 spiro atoms. The predicted octanol–water partition coefficient (Wildman–Crippen LogP) is 2.23. The molecule has 0 saturated heterocycles. The number of nitrogen functional groups attached to an aromatic ring is 1. The number of nitrogens with two attached hydrogens (primary N) is 1. The Morgan fingerprint density at radius 2 is 2.20 bits per heavy atom. The highest BCUT2D eigenvalue weighted by molar-refractivity contribution is 7.89.